The van der Waals surface area contributed by atoms with E-state index in [1.54, 1.807) is 0 Å². The van der Waals surface area contributed by atoms with E-state index in [0.717, 1.165) is 17.8 Å². The summed E-state index contributed by atoms with van der Waals surface area (Å²) in [6, 6.07) is 0. The highest BCUT2D eigenvalue weighted by molar-refractivity contribution is 4.73. The number of nitrogens with one attached hydrogen (secondary N) is 1. The summed E-state index contributed by atoms with van der Waals surface area (Å²) in [5.74, 6) is 2.90. The van der Waals surface area contributed by atoms with Crippen LogP contribution in [0.1, 0.15) is 65.7 Å². The lowest BCUT2D eigenvalue weighted by Gasteiger charge is -2.28. The maximum atomic E-state index is 3.69. The van der Waals surface area contributed by atoms with Gasteiger partial charge in [0, 0.05) is 0 Å². The summed E-state index contributed by atoms with van der Waals surface area (Å²) in [6.45, 7) is 9.47. The summed E-state index contributed by atoms with van der Waals surface area (Å²) < 4.78 is 0. The zero-order valence-electron chi connectivity index (χ0n) is 11.6. The maximum Gasteiger partial charge on any atom is -0.00204 e. The zero-order chi connectivity index (χ0) is 11.8. The van der Waals surface area contributed by atoms with Gasteiger partial charge in [-0.05, 0) is 43.7 Å². The van der Waals surface area contributed by atoms with Crippen LogP contribution in [0.2, 0.25) is 0 Å². The highest BCUT2D eigenvalue weighted by Gasteiger charge is 2.19. The zero-order valence-corrected chi connectivity index (χ0v) is 11.6. The van der Waals surface area contributed by atoms with Gasteiger partial charge in [0.1, 0.15) is 0 Å². The van der Waals surface area contributed by atoms with Crippen molar-refractivity contribution in [2.24, 2.45) is 17.8 Å². The van der Waals surface area contributed by atoms with Crippen LogP contribution < -0.4 is 5.32 Å². The van der Waals surface area contributed by atoms with Crippen molar-refractivity contribution in [3.8, 4) is 0 Å². The van der Waals surface area contributed by atoms with Gasteiger partial charge in [-0.2, -0.15) is 0 Å². The molecule has 0 aromatic rings. The van der Waals surface area contributed by atoms with Crippen LogP contribution in [0, 0.1) is 17.8 Å². The third-order valence-corrected chi connectivity index (χ3v) is 4.56. The summed E-state index contributed by atoms with van der Waals surface area (Å²) in [5, 5.41) is 3.69. The van der Waals surface area contributed by atoms with Crippen molar-refractivity contribution in [2.75, 3.05) is 13.1 Å². The van der Waals surface area contributed by atoms with E-state index in [1.807, 2.05) is 0 Å². The van der Waals surface area contributed by atoms with Gasteiger partial charge in [0.15, 0.2) is 0 Å². The van der Waals surface area contributed by atoms with E-state index in [1.165, 1.54) is 58.0 Å². The Labute approximate surface area is 102 Å². The van der Waals surface area contributed by atoms with Crippen LogP contribution in [0.3, 0.4) is 0 Å². The van der Waals surface area contributed by atoms with Gasteiger partial charge in [-0.1, -0.05) is 52.9 Å². The second-order valence-electron chi connectivity index (χ2n) is 5.64. The van der Waals surface area contributed by atoms with Crippen LogP contribution in [-0.4, -0.2) is 13.1 Å². The molecule has 0 atom stereocenters. The van der Waals surface area contributed by atoms with Gasteiger partial charge < -0.3 is 5.32 Å². The molecule has 0 radical (unpaired) electrons. The van der Waals surface area contributed by atoms with Crippen molar-refractivity contribution in [3.63, 3.8) is 0 Å². The predicted molar refractivity (Wildman–Crippen MR) is 72.7 cm³/mol. The third kappa shape index (κ3) is 4.86. The minimum atomic E-state index is 0.895. The molecule has 0 aromatic heterocycles. The maximum absolute atomic E-state index is 3.69. The second kappa shape index (κ2) is 8.11. The Morgan fingerprint density at radius 1 is 0.938 bits per heavy atom. The van der Waals surface area contributed by atoms with Gasteiger partial charge in [-0.15, -0.1) is 0 Å². The molecule has 1 nitrogen and oxygen atoms in total. The first-order chi connectivity index (χ1) is 7.80. The molecule has 0 unspecified atom stereocenters. The normalized spacial score (nSPS) is 26.2. The molecule has 16 heavy (non-hydrogen) atoms. The Bertz CT molecular complexity index is 155. The summed E-state index contributed by atoms with van der Waals surface area (Å²) >= 11 is 0. The SMILES string of the molecule is CCC1CCC(CNCC(CC)CC)CC1. The van der Waals surface area contributed by atoms with Gasteiger partial charge in [0.25, 0.3) is 0 Å². The molecule has 0 bridgehead atoms. The topological polar surface area (TPSA) is 12.0 Å². The van der Waals surface area contributed by atoms with E-state index in [2.05, 4.69) is 26.1 Å². The molecule has 1 heteroatoms. The molecule has 1 fully saturated rings. The Kier molecular flexibility index (Phi) is 7.11. The summed E-state index contributed by atoms with van der Waals surface area (Å²) in [4.78, 5) is 0. The summed E-state index contributed by atoms with van der Waals surface area (Å²) in [6.07, 6.45) is 9.94. The van der Waals surface area contributed by atoms with Crippen LogP contribution in [0.4, 0.5) is 0 Å². The van der Waals surface area contributed by atoms with Gasteiger partial charge in [0.05, 0.1) is 0 Å². The standard InChI is InChI=1S/C15H31N/c1-4-13(5-2)11-16-12-15-9-7-14(6-3)8-10-15/h13-16H,4-12H2,1-3H3. The molecule has 0 spiro atoms. The Morgan fingerprint density at radius 2 is 1.50 bits per heavy atom. The van der Waals surface area contributed by atoms with E-state index in [9.17, 15) is 0 Å². The Morgan fingerprint density at radius 3 is 2.00 bits per heavy atom. The second-order valence-corrected chi connectivity index (χ2v) is 5.64. The fraction of sp³-hybridized carbons (Fsp3) is 1.00. The highest BCUT2D eigenvalue weighted by atomic mass is 14.9. The van der Waals surface area contributed by atoms with E-state index in [4.69, 9.17) is 0 Å². The number of hydrogen-bond donors (Lipinski definition) is 1. The lowest BCUT2D eigenvalue weighted by Crippen LogP contribution is -2.30. The van der Waals surface area contributed by atoms with Crippen molar-refractivity contribution < 1.29 is 0 Å². The van der Waals surface area contributed by atoms with Crippen molar-refractivity contribution in [1.29, 1.82) is 0 Å². The molecule has 0 heterocycles. The largest absolute Gasteiger partial charge is 0.316 e. The van der Waals surface area contributed by atoms with E-state index >= 15 is 0 Å². The van der Waals surface area contributed by atoms with Crippen molar-refractivity contribution in [2.45, 2.75) is 65.7 Å². The van der Waals surface area contributed by atoms with E-state index < -0.39 is 0 Å². The smallest absolute Gasteiger partial charge is 0.00204 e. The lowest BCUT2D eigenvalue weighted by atomic mass is 9.81. The minimum absolute atomic E-state index is 0.895. The first kappa shape index (κ1) is 14.0. The van der Waals surface area contributed by atoms with Gasteiger partial charge in [0.2, 0.25) is 0 Å². The number of rotatable bonds is 7. The molecule has 0 aliphatic heterocycles. The summed E-state index contributed by atoms with van der Waals surface area (Å²) in [7, 11) is 0. The molecule has 0 saturated heterocycles. The van der Waals surface area contributed by atoms with E-state index in [-0.39, 0.29) is 0 Å². The first-order valence-corrected chi connectivity index (χ1v) is 7.50. The Hall–Kier alpha value is -0.0400. The molecule has 0 amide bonds. The fourth-order valence-electron chi connectivity index (χ4n) is 2.91. The fourth-order valence-corrected chi connectivity index (χ4v) is 2.91. The van der Waals surface area contributed by atoms with Crippen molar-refractivity contribution >= 4 is 0 Å². The lowest BCUT2D eigenvalue weighted by molar-refractivity contribution is 0.258. The molecule has 1 rings (SSSR count). The first-order valence-electron chi connectivity index (χ1n) is 7.50. The average molecular weight is 225 g/mol. The van der Waals surface area contributed by atoms with Crippen molar-refractivity contribution in [3.05, 3.63) is 0 Å². The molecule has 1 saturated carbocycles. The Balaban J connectivity index is 2.06. The molecule has 1 N–H and O–H groups in total. The van der Waals surface area contributed by atoms with Gasteiger partial charge in [-0.3, -0.25) is 0 Å². The predicted octanol–water partition coefficient (Wildman–Crippen LogP) is 4.23. The van der Waals surface area contributed by atoms with Gasteiger partial charge in [-0.25, -0.2) is 0 Å². The van der Waals surface area contributed by atoms with Crippen LogP contribution in [0.15, 0.2) is 0 Å². The van der Waals surface area contributed by atoms with Crippen LogP contribution >= 0.6 is 0 Å². The molecular weight excluding hydrogens is 194 g/mol. The monoisotopic (exact) mass is 225 g/mol. The number of hydrogen-bond acceptors (Lipinski definition) is 1. The molecular formula is C15H31N. The average Bonchev–Trinajstić information content (AvgIpc) is 2.35. The van der Waals surface area contributed by atoms with Crippen LogP contribution in [0.25, 0.3) is 0 Å². The molecule has 1 aliphatic carbocycles. The summed E-state index contributed by atoms with van der Waals surface area (Å²) in [5.41, 5.74) is 0. The minimum Gasteiger partial charge on any atom is -0.316 e. The van der Waals surface area contributed by atoms with E-state index in [0.29, 0.717) is 0 Å². The molecule has 0 aromatic carbocycles. The quantitative estimate of drug-likeness (QED) is 0.684. The molecule has 96 valence electrons. The highest BCUT2D eigenvalue weighted by Crippen LogP contribution is 2.30. The third-order valence-electron chi connectivity index (χ3n) is 4.56. The van der Waals surface area contributed by atoms with Crippen molar-refractivity contribution in [1.82, 2.24) is 5.32 Å². The van der Waals surface area contributed by atoms with Crippen LogP contribution in [-0.2, 0) is 0 Å². The van der Waals surface area contributed by atoms with Gasteiger partial charge >= 0.3 is 0 Å². The molecule has 1 aliphatic rings. The van der Waals surface area contributed by atoms with Crippen LogP contribution in [0.5, 0.6) is 0 Å².